The molecule has 4 aromatic heterocycles. The predicted octanol–water partition coefficient (Wildman–Crippen LogP) is 2.90. The molecule has 0 saturated carbocycles. The van der Waals surface area contributed by atoms with E-state index in [9.17, 15) is 8.78 Å². The Bertz CT molecular complexity index is 1360. The fraction of sp³-hybridized carbons (Fsp3) is 0.391. The molecule has 0 spiro atoms. The molecule has 0 unspecified atom stereocenters. The molecule has 0 radical (unpaired) electrons. The third-order valence-corrected chi connectivity index (χ3v) is 6.55. The largest absolute Gasteiger partial charge is 0.378 e. The van der Waals surface area contributed by atoms with E-state index in [1.807, 2.05) is 35.2 Å². The second kappa shape index (κ2) is 8.10. The molecule has 9 nitrogen and oxygen atoms in total. The summed E-state index contributed by atoms with van der Waals surface area (Å²) in [5, 5.41) is 10.4. The second-order valence-corrected chi connectivity index (χ2v) is 8.70. The van der Waals surface area contributed by atoms with Crippen molar-refractivity contribution in [3.8, 4) is 11.3 Å². The molecule has 11 heteroatoms. The van der Waals surface area contributed by atoms with Gasteiger partial charge in [0.15, 0.2) is 5.82 Å². The molecule has 34 heavy (non-hydrogen) atoms. The smallest absolute Gasteiger partial charge is 0.280 e. The molecule has 2 saturated heterocycles. The molecule has 2 N–H and O–H groups in total. The zero-order valence-corrected chi connectivity index (χ0v) is 18.6. The maximum absolute atomic E-state index is 14.9. The van der Waals surface area contributed by atoms with Crippen molar-refractivity contribution in [2.24, 2.45) is 0 Å². The van der Waals surface area contributed by atoms with Crippen molar-refractivity contribution in [3.63, 3.8) is 0 Å². The van der Waals surface area contributed by atoms with Gasteiger partial charge in [-0.25, -0.2) is 18.3 Å². The molecule has 6 heterocycles. The highest BCUT2D eigenvalue weighted by atomic mass is 19.3. The average Bonchev–Trinajstić information content (AvgIpc) is 3.22. The molecule has 2 fully saturated rings. The van der Waals surface area contributed by atoms with E-state index in [0.29, 0.717) is 32.0 Å². The molecule has 2 aliphatic rings. The van der Waals surface area contributed by atoms with E-state index in [2.05, 4.69) is 25.7 Å². The van der Waals surface area contributed by atoms with Crippen molar-refractivity contribution in [1.82, 2.24) is 29.5 Å². The molecule has 176 valence electrons. The number of rotatable bonds is 5. The summed E-state index contributed by atoms with van der Waals surface area (Å²) in [6, 6.07) is 8.51. The third kappa shape index (κ3) is 3.61. The van der Waals surface area contributed by atoms with Crippen LogP contribution in [0.25, 0.3) is 27.8 Å². The highest BCUT2D eigenvalue weighted by Gasteiger charge is 2.47. The van der Waals surface area contributed by atoms with Gasteiger partial charge in [-0.3, -0.25) is 9.88 Å². The number of nitrogens with one attached hydrogen (secondary N) is 2. The highest BCUT2D eigenvalue weighted by molar-refractivity contribution is 5.89. The molecule has 0 aromatic carbocycles. The number of alkyl halides is 2. The van der Waals surface area contributed by atoms with Crippen molar-refractivity contribution in [2.75, 3.05) is 44.0 Å². The number of fused-ring (bicyclic) bond motifs is 2. The summed E-state index contributed by atoms with van der Waals surface area (Å²) in [5.74, 6) is -2.23. The Kier molecular flexibility index (Phi) is 5.03. The summed E-state index contributed by atoms with van der Waals surface area (Å²) in [7, 11) is 1.74. The number of piperidine rings is 1. The lowest BCUT2D eigenvalue weighted by molar-refractivity contribution is -0.131. The van der Waals surface area contributed by atoms with Gasteiger partial charge < -0.3 is 15.4 Å². The molecular formula is C23H24F2N8O. The van der Waals surface area contributed by atoms with Gasteiger partial charge >= 0.3 is 0 Å². The number of ether oxygens (including phenoxy) is 1. The lowest BCUT2D eigenvalue weighted by Gasteiger charge is -2.44. The topological polar surface area (TPSA) is 92.5 Å². The Labute approximate surface area is 194 Å². The van der Waals surface area contributed by atoms with E-state index in [-0.39, 0.29) is 18.5 Å². The third-order valence-electron chi connectivity index (χ3n) is 6.55. The van der Waals surface area contributed by atoms with Gasteiger partial charge in [0, 0.05) is 31.5 Å². The Balaban J connectivity index is 1.30. The van der Waals surface area contributed by atoms with Crippen LogP contribution in [0.1, 0.15) is 6.42 Å². The van der Waals surface area contributed by atoms with Crippen LogP contribution < -0.4 is 10.6 Å². The first kappa shape index (κ1) is 21.1. The van der Waals surface area contributed by atoms with Crippen molar-refractivity contribution < 1.29 is 13.5 Å². The van der Waals surface area contributed by atoms with Crippen LogP contribution in [0.4, 0.5) is 20.5 Å². The number of aromatic nitrogens is 5. The Morgan fingerprint density at radius 1 is 1.12 bits per heavy atom. The lowest BCUT2D eigenvalue weighted by Crippen LogP contribution is -2.61. The van der Waals surface area contributed by atoms with Gasteiger partial charge in [0.25, 0.3) is 5.92 Å². The Morgan fingerprint density at radius 2 is 2.00 bits per heavy atom. The maximum atomic E-state index is 14.9. The first-order valence-corrected chi connectivity index (χ1v) is 11.3. The quantitative estimate of drug-likeness (QED) is 0.464. The summed E-state index contributed by atoms with van der Waals surface area (Å²) in [4.78, 5) is 15.4. The Morgan fingerprint density at radius 3 is 2.76 bits per heavy atom. The summed E-state index contributed by atoms with van der Waals surface area (Å²) in [5.41, 5.74) is 3.90. The predicted molar refractivity (Wildman–Crippen MR) is 124 cm³/mol. The SMILES string of the molecule is CNc1nc(N[C@@H]2CCN(C3COC3)CC2(F)F)nn2ccc(-c3ccc4ncccc4n3)c12. The number of likely N-dealkylation sites (tertiary alicyclic amines) is 1. The van der Waals surface area contributed by atoms with Crippen LogP contribution in [-0.2, 0) is 4.74 Å². The molecule has 0 bridgehead atoms. The zero-order chi connectivity index (χ0) is 23.3. The first-order valence-electron chi connectivity index (χ1n) is 11.3. The summed E-state index contributed by atoms with van der Waals surface area (Å²) in [6.07, 6.45) is 3.81. The van der Waals surface area contributed by atoms with Crippen molar-refractivity contribution in [1.29, 1.82) is 0 Å². The van der Waals surface area contributed by atoms with Crippen molar-refractivity contribution in [2.45, 2.75) is 24.4 Å². The fourth-order valence-corrected chi connectivity index (χ4v) is 4.62. The van der Waals surface area contributed by atoms with E-state index in [1.54, 1.807) is 24.0 Å². The number of nitrogens with zero attached hydrogens (tertiary/aromatic N) is 6. The van der Waals surface area contributed by atoms with Crippen LogP contribution in [0.3, 0.4) is 0 Å². The van der Waals surface area contributed by atoms with Crippen LogP contribution in [0, 0.1) is 0 Å². The highest BCUT2D eigenvalue weighted by Crippen LogP contribution is 2.33. The van der Waals surface area contributed by atoms with E-state index in [1.165, 1.54) is 0 Å². The number of hydrogen-bond acceptors (Lipinski definition) is 8. The molecule has 1 atom stereocenters. The van der Waals surface area contributed by atoms with Crippen LogP contribution in [0.2, 0.25) is 0 Å². The van der Waals surface area contributed by atoms with Gasteiger partial charge in [-0.1, -0.05) is 0 Å². The number of hydrogen-bond donors (Lipinski definition) is 2. The molecular weight excluding hydrogens is 442 g/mol. The maximum Gasteiger partial charge on any atom is 0.280 e. The molecule has 0 aliphatic carbocycles. The van der Waals surface area contributed by atoms with Gasteiger partial charge in [0.2, 0.25) is 5.95 Å². The molecule has 6 rings (SSSR count). The van der Waals surface area contributed by atoms with E-state index in [4.69, 9.17) is 9.72 Å². The van der Waals surface area contributed by atoms with E-state index < -0.39 is 12.0 Å². The summed E-state index contributed by atoms with van der Waals surface area (Å²) in [6.45, 7) is 1.34. The van der Waals surface area contributed by atoms with E-state index in [0.717, 1.165) is 27.8 Å². The monoisotopic (exact) mass is 466 g/mol. The van der Waals surface area contributed by atoms with Gasteiger partial charge in [-0.15, -0.1) is 5.10 Å². The normalized spacial score (nSPS) is 21.0. The number of halogens is 2. The average molecular weight is 466 g/mol. The standard InChI is InChI=1S/C23H24F2N8O/c1-26-21-20-15(16-4-5-17-18(28-16)3-2-8-27-17)6-10-33(20)31-22(30-21)29-19-7-9-32(13-23(19,24)25)14-11-34-12-14/h2-6,8,10,14,19H,7,9,11-13H2,1H3,(H2,26,29,30,31)/t19-/m1/s1. The minimum Gasteiger partial charge on any atom is -0.378 e. The van der Waals surface area contributed by atoms with Crippen LogP contribution >= 0.6 is 0 Å². The first-order chi connectivity index (χ1) is 16.5. The van der Waals surface area contributed by atoms with E-state index >= 15 is 0 Å². The van der Waals surface area contributed by atoms with Crippen molar-refractivity contribution >= 4 is 28.3 Å². The van der Waals surface area contributed by atoms with Gasteiger partial charge in [-0.05, 0) is 36.8 Å². The summed E-state index contributed by atoms with van der Waals surface area (Å²) < 4.78 is 36.7. The minimum absolute atomic E-state index is 0.0908. The van der Waals surface area contributed by atoms with Crippen LogP contribution in [0.15, 0.2) is 42.7 Å². The minimum atomic E-state index is -2.91. The lowest BCUT2D eigenvalue weighted by atomic mass is 9.98. The van der Waals surface area contributed by atoms with Crippen LogP contribution in [0.5, 0.6) is 0 Å². The summed E-state index contributed by atoms with van der Waals surface area (Å²) >= 11 is 0. The second-order valence-electron chi connectivity index (χ2n) is 8.70. The molecule has 0 amide bonds. The number of pyridine rings is 2. The Hall–Kier alpha value is -3.44. The fourth-order valence-electron chi connectivity index (χ4n) is 4.62. The van der Waals surface area contributed by atoms with Crippen molar-refractivity contribution in [3.05, 3.63) is 42.7 Å². The molecule has 4 aromatic rings. The zero-order valence-electron chi connectivity index (χ0n) is 18.6. The molecule has 2 aliphatic heterocycles. The van der Waals surface area contributed by atoms with Crippen LogP contribution in [-0.4, -0.2) is 80.8 Å². The number of anilines is 2. The van der Waals surface area contributed by atoms with Gasteiger partial charge in [0.05, 0.1) is 48.6 Å². The van der Waals surface area contributed by atoms with Gasteiger partial charge in [0.1, 0.15) is 5.52 Å². The van der Waals surface area contributed by atoms with Gasteiger partial charge in [-0.2, -0.15) is 4.98 Å².